The number of fused-ring (bicyclic) bond motifs is 1. The predicted molar refractivity (Wildman–Crippen MR) is 100 cm³/mol. The van der Waals surface area contributed by atoms with Gasteiger partial charge in [-0.25, -0.2) is 9.97 Å². The molecule has 0 aliphatic carbocycles. The molecule has 3 heterocycles. The summed E-state index contributed by atoms with van der Waals surface area (Å²) in [7, 11) is 0. The summed E-state index contributed by atoms with van der Waals surface area (Å²) >= 11 is 7.60. The summed E-state index contributed by atoms with van der Waals surface area (Å²) in [4.78, 5) is 25.2. The number of benzene rings is 1. The number of nitrogens with zero attached hydrogens (tertiary/aromatic N) is 3. The molecular weight excluding hydrogens is 354 g/mol. The molecule has 4 aromatic rings. The normalized spacial score (nSPS) is 10.9. The minimum atomic E-state index is -0.0521. The standard InChI is InChI=1S/C19H12ClN3OS/c20-18-14(5-2-7-22-18)16(24)10-12-3-1-4-13(9-12)19-23-15-6-8-21-11-17(15)25-19/h1-9,11H,10H2. The van der Waals surface area contributed by atoms with Gasteiger partial charge in [-0.3, -0.25) is 9.78 Å². The molecule has 25 heavy (non-hydrogen) atoms. The van der Waals surface area contributed by atoms with Gasteiger partial charge in [-0.2, -0.15) is 0 Å². The van der Waals surface area contributed by atoms with Crippen molar-refractivity contribution in [3.05, 3.63) is 77.3 Å². The van der Waals surface area contributed by atoms with Gasteiger partial charge in [-0.15, -0.1) is 11.3 Å². The molecule has 0 fully saturated rings. The van der Waals surface area contributed by atoms with Gasteiger partial charge in [-0.1, -0.05) is 29.8 Å². The van der Waals surface area contributed by atoms with Gasteiger partial charge in [0.1, 0.15) is 10.2 Å². The number of thiazole rings is 1. The van der Waals surface area contributed by atoms with E-state index in [1.807, 2.05) is 36.5 Å². The van der Waals surface area contributed by atoms with Gasteiger partial charge in [0.2, 0.25) is 0 Å². The van der Waals surface area contributed by atoms with Crippen LogP contribution in [0.3, 0.4) is 0 Å². The number of rotatable bonds is 4. The molecule has 0 spiro atoms. The molecule has 0 amide bonds. The van der Waals surface area contributed by atoms with E-state index >= 15 is 0 Å². The summed E-state index contributed by atoms with van der Waals surface area (Å²) in [6.07, 6.45) is 5.39. The fourth-order valence-corrected chi connectivity index (χ4v) is 3.75. The molecule has 0 unspecified atom stereocenters. The molecule has 4 rings (SSSR count). The number of hydrogen-bond donors (Lipinski definition) is 0. The first-order valence-corrected chi connectivity index (χ1v) is 8.84. The van der Waals surface area contributed by atoms with Gasteiger partial charge in [0, 0.05) is 30.6 Å². The van der Waals surface area contributed by atoms with E-state index in [2.05, 4.69) is 15.0 Å². The highest BCUT2D eigenvalue weighted by atomic mass is 35.5. The highest BCUT2D eigenvalue weighted by Gasteiger charge is 2.13. The number of ketones is 1. The van der Waals surface area contributed by atoms with Crippen molar-refractivity contribution in [1.29, 1.82) is 0 Å². The maximum atomic E-state index is 12.5. The second kappa shape index (κ2) is 6.70. The lowest BCUT2D eigenvalue weighted by molar-refractivity contribution is 0.0993. The monoisotopic (exact) mass is 365 g/mol. The van der Waals surface area contributed by atoms with Crippen molar-refractivity contribution >= 4 is 38.9 Å². The van der Waals surface area contributed by atoms with Gasteiger partial charge >= 0.3 is 0 Å². The Bertz CT molecular complexity index is 1040. The molecule has 3 aromatic heterocycles. The molecule has 0 radical (unpaired) electrons. The molecule has 4 nitrogen and oxygen atoms in total. The lowest BCUT2D eigenvalue weighted by atomic mass is 10.0. The smallest absolute Gasteiger partial charge is 0.170 e. The highest BCUT2D eigenvalue weighted by Crippen LogP contribution is 2.30. The molecule has 0 bridgehead atoms. The maximum Gasteiger partial charge on any atom is 0.170 e. The van der Waals surface area contributed by atoms with Gasteiger partial charge < -0.3 is 0 Å². The Morgan fingerprint density at radius 1 is 1.12 bits per heavy atom. The van der Waals surface area contributed by atoms with Crippen molar-refractivity contribution in [3.63, 3.8) is 0 Å². The fraction of sp³-hybridized carbons (Fsp3) is 0.0526. The molecular formula is C19H12ClN3OS. The van der Waals surface area contributed by atoms with Crippen molar-refractivity contribution in [2.45, 2.75) is 6.42 Å². The number of pyridine rings is 2. The van der Waals surface area contributed by atoms with E-state index in [4.69, 9.17) is 11.6 Å². The lowest BCUT2D eigenvalue weighted by Gasteiger charge is -2.04. The minimum Gasteiger partial charge on any atom is -0.294 e. The number of hydrogen-bond acceptors (Lipinski definition) is 5. The van der Waals surface area contributed by atoms with Crippen LogP contribution in [0.15, 0.2) is 61.1 Å². The van der Waals surface area contributed by atoms with Crippen molar-refractivity contribution in [2.24, 2.45) is 0 Å². The third kappa shape index (κ3) is 3.29. The van der Waals surface area contributed by atoms with Crippen molar-refractivity contribution < 1.29 is 4.79 Å². The number of carbonyl (C=O) groups is 1. The van der Waals surface area contributed by atoms with E-state index in [1.165, 1.54) is 0 Å². The number of Topliss-reactive ketones (excluding diaryl/α,β-unsaturated/α-hetero) is 1. The Hall–Kier alpha value is -2.63. The van der Waals surface area contributed by atoms with Crippen LogP contribution < -0.4 is 0 Å². The maximum absolute atomic E-state index is 12.5. The number of aromatic nitrogens is 3. The molecule has 1 aromatic carbocycles. The Morgan fingerprint density at radius 2 is 2.04 bits per heavy atom. The molecule has 0 saturated heterocycles. The van der Waals surface area contributed by atoms with E-state index < -0.39 is 0 Å². The number of carbonyl (C=O) groups excluding carboxylic acids is 1. The molecule has 0 saturated carbocycles. The first kappa shape index (κ1) is 15.9. The Morgan fingerprint density at radius 3 is 2.88 bits per heavy atom. The first-order valence-electron chi connectivity index (χ1n) is 7.64. The summed E-state index contributed by atoms with van der Waals surface area (Å²) in [5.74, 6) is -0.0521. The number of halogens is 1. The summed E-state index contributed by atoms with van der Waals surface area (Å²) in [5.41, 5.74) is 3.28. The van der Waals surface area contributed by atoms with Gasteiger partial charge in [-0.05, 0) is 29.8 Å². The van der Waals surface area contributed by atoms with E-state index in [-0.39, 0.29) is 17.4 Å². The first-order chi connectivity index (χ1) is 12.2. The summed E-state index contributed by atoms with van der Waals surface area (Å²) in [5, 5.41) is 1.15. The summed E-state index contributed by atoms with van der Waals surface area (Å²) < 4.78 is 1.04. The van der Waals surface area contributed by atoms with Crippen LogP contribution in [0.4, 0.5) is 0 Å². The summed E-state index contributed by atoms with van der Waals surface area (Å²) in [6, 6.07) is 13.2. The van der Waals surface area contributed by atoms with Crippen LogP contribution in [0.1, 0.15) is 15.9 Å². The van der Waals surface area contributed by atoms with Crippen molar-refractivity contribution in [2.75, 3.05) is 0 Å². The molecule has 0 aliphatic heterocycles. The zero-order chi connectivity index (χ0) is 17.2. The molecule has 0 aliphatic rings. The molecule has 0 N–H and O–H groups in total. The van der Waals surface area contributed by atoms with E-state index in [9.17, 15) is 4.79 Å². The second-order valence-electron chi connectivity index (χ2n) is 5.50. The summed E-state index contributed by atoms with van der Waals surface area (Å²) in [6.45, 7) is 0. The van der Waals surface area contributed by atoms with Crippen LogP contribution >= 0.6 is 22.9 Å². The molecule has 6 heteroatoms. The third-order valence-corrected chi connectivity index (χ3v) is 5.15. The van der Waals surface area contributed by atoms with Crippen LogP contribution in [-0.4, -0.2) is 20.7 Å². The zero-order valence-corrected chi connectivity index (χ0v) is 14.6. The van der Waals surface area contributed by atoms with Crippen LogP contribution in [0, 0.1) is 0 Å². The van der Waals surface area contributed by atoms with Gasteiger partial charge in [0.25, 0.3) is 0 Å². The Labute approximate surface area is 153 Å². The highest BCUT2D eigenvalue weighted by molar-refractivity contribution is 7.21. The van der Waals surface area contributed by atoms with Crippen LogP contribution in [0.5, 0.6) is 0 Å². The average molecular weight is 366 g/mol. The second-order valence-corrected chi connectivity index (χ2v) is 6.89. The van der Waals surface area contributed by atoms with E-state index in [1.54, 1.807) is 35.9 Å². The lowest BCUT2D eigenvalue weighted by Crippen LogP contribution is -2.05. The molecule has 122 valence electrons. The van der Waals surface area contributed by atoms with E-state index in [0.29, 0.717) is 5.56 Å². The Balaban J connectivity index is 1.63. The third-order valence-electron chi connectivity index (χ3n) is 3.79. The minimum absolute atomic E-state index is 0.0521. The topological polar surface area (TPSA) is 55.7 Å². The Kier molecular flexibility index (Phi) is 4.26. The predicted octanol–water partition coefficient (Wildman–Crippen LogP) is 4.83. The SMILES string of the molecule is O=C(Cc1cccc(-c2nc3ccncc3s2)c1)c1cccnc1Cl. The molecule has 0 atom stereocenters. The van der Waals surface area contributed by atoms with Crippen LogP contribution in [0.2, 0.25) is 5.15 Å². The van der Waals surface area contributed by atoms with Crippen molar-refractivity contribution in [1.82, 2.24) is 15.0 Å². The van der Waals surface area contributed by atoms with Crippen molar-refractivity contribution in [3.8, 4) is 10.6 Å². The van der Waals surface area contributed by atoms with Crippen LogP contribution in [-0.2, 0) is 6.42 Å². The quantitative estimate of drug-likeness (QED) is 0.384. The average Bonchev–Trinajstić information content (AvgIpc) is 3.06. The van der Waals surface area contributed by atoms with Crippen LogP contribution in [0.25, 0.3) is 20.8 Å². The van der Waals surface area contributed by atoms with Gasteiger partial charge in [0.15, 0.2) is 5.78 Å². The zero-order valence-electron chi connectivity index (χ0n) is 13.0. The van der Waals surface area contributed by atoms with Gasteiger partial charge in [0.05, 0.1) is 15.8 Å². The van der Waals surface area contributed by atoms with E-state index in [0.717, 1.165) is 26.4 Å². The largest absolute Gasteiger partial charge is 0.294 e. The fourth-order valence-electron chi connectivity index (χ4n) is 2.59.